The molecule has 3 aromatic rings. The molecule has 0 saturated carbocycles. The standard InChI is InChI=1S/C16H13N3O2/c1-10(18)11-6-7-19-15(8-11)21-16-12-4-2-3-5-13(12)20-14(16)9-17/h2-8,10H,18H2,1H3/t10-/m0/s1. The zero-order valence-corrected chi connectivity index (χ0v) is 11.4. The summed E-state index contributed by atoms with van der Waals surface area (Å²) in [5.41, 5.74) is 7.36. The van der Waals surface area contributed by atoms with Crippen LogP contribution < -0.4 is 10.5 Å². The number of para-hydroxylation sites is 1. The lowest BCUT2D eigenvalue weighted by atomic mass is 10.1. The van der Waals surface area contributed by atoms with Crippen LogP contribution >= 0.6 is 0 Å². The molecular weight excluding hydrogens is 266 g/mol. The van der Waals surface area contributed by atoms with Gasteiger partial charge in [0.25, 0.3) is 0 Å². The maximum Gasteiger partial charge on any atom is 0.247 e. The lowest BCUT2D eigenvalue weighted by Crippen LogP contribution is -2.05. The molecule has 0 amide bonds. The Morgan fingerprint density at radius 2 is 2.14 bits per heavy atom. The van der Waals surface area contributed by atoms with Crippen molar-refractivity contribution < 1.29 is 9.15 Å². The van der Waals surface area contributed by atoms with Crippen LogP contribution in [0, 0.1) is 11.3 Å². The van der Waals surface area contributed by atoms with Gasteiger partial charge in [-0.15, -0.1) is 0 Å². The predicted molar refractivity (Wildman–Crippen MR) is 77.8 cm³/mol. The molecule has 0 aliphatic carbocycles. The van der Waals surface area contributed by atoms with Gasteiger partial charge in [-0.2, -0.15) is 5.26 Å². The molecule has 0 fully saturated rings. The number of nitriles is 1. The third-order valence-electron chi connectivity index (χ3n) is 3.14. The smallest absolute Gasteiger partial charge is 0.247 e. The minimum atomic E-state index is -0.119. The van der Waals surface area contributed by atoms with Crippen LogP contribution in [0.5, 0.6) is 11.6 Å². The van der Waals surface area contributed by atoms with Crippen LogP contribution in [0.25, 0.3) is 11.0 Å². The Bertz CT molecular complexity index is 831. The third-order valence-corrected chi connectivity index (χ3v) is 3.14. The summed E-state index contributed by atoms with van der Waals surface area (Å²) in [4.78, 5) is 4.15. The van der Waals surface area contributed by atoms with Crippen molar-refractivity contribution in [2.24, 2.45) is 5.73 Å². The molecule has 0 aliphatic rings. The molecule has 0 aliphatic heterocycles. The highest BCUT2D eigenvalue weighted by Crippen LogP contribution is 2.35. The number of ether oxygens (including phenoxy) is 1. The maximum atomic E-state index is 9.18. The van der Waals surface area contributed by atoms with E-state index >= 15 is 0 Å². The summed E-state index contributed by atoms with van der Waals surface area (Å²) in [5.74, 6) is 0.888. The molecule has 2 heterocycles. The summed E-state index contributed by atoms with van der Waals surface area (Å²) in [7, 11) is 0. The Labute approximate surface area is 121 Å². The Hall–Kier alpha value is -2.84. The first-order valence-corrected chi connectivity index (χ1v) is 6.50. The summed E-state index contributed by atoms with van der Waals surface area (Å²) in [5, 5.41) is 9.91. The molecule has 1 aromatic carbocycles. The molecule has 0 unspecified atom stereocenters. The van der Waals surface area contributed by atoms with Gasteiger partial charge >= 0.3 is 0 Å². The summed E-state index contributed by atoms with van der Waals surface area (Å²) in [6, 6.07) is 12.8. The van der Waals surface area contributed by atoms with Crippen molar-refractivity contribution in [3.8, 4) is 17.7 Å². The summed E-state index contributed by atoms with van der Waals surface area (Å²) in [6.45, 7) is 1.88. The molecule has 21 heavy (non-hydrogen) atoms. The Kier molecular flexibility index (Phi) is 3.30. The largest absolute Gasteiger partial charge is 0.442 e. The fourth-order valence-electron chi connectivity index (χ4n) is 2.07. The van der Waals surface area contributed by atoms with E-state index in [2.05, 4.69) is 4.98 Å². The second kappa shape index (κ2) is 5.27. The van der Waals surface area contributed by atoms with E-state index in [1.807, 2.05) is 37.3 Å². The number of hydrogen-bond acceptors (Lipinski definition) is 5. The molecular formula is C16H13N3O2. The van der Waals surface area contributed by atoms with Crippen molar-refractivity contribution in [1.29, 1.82) is 5.26 Å². The van der Waals surface area contributed by atoms with E-state index in [1.165, 1.54) is 0 Å². The number of nitrogens with zero attached hydrogens (tertiary/aromatic N) is 2. The van der Waals surface area contributed by atoms with Gasteiger partial charge in [-0.3, -0.25) is 0 Å². The summed E-state index contributed by atoms with van der Waals surface area (Å²) >= 11 is 0. The van der Waals surface area contributed by atoms with E-state index in [-0.39, 0.29) is 11.8 Å². The molecule has 5 nitrogen and oxygen atoms in total. The molecule has 3 rings (SSSR count). The molecule has 0 radical (unpaired) electrons. The van der Waals surface area contributed by atoms with E-state index in [0.29, 0.717) is 17.2 Å². The second-order valence-corrected chi connectivity index (χ2v) is 4.69. The first kappa shape index (κ1) is 13.2. The molecule has 1 atom stereocenters. The van der Waals surface area contributed by atoms with Crippen LogP contribution in [-0.2, 0) is 0 Å². The fraction of sp³-hybridized carbons (Fsp3) is 0.125. The van der Waals surface area contributed by atoms with Crippen molar-refractivity contribution in [2.75, 3.05) is 0 Å². The third kappa shape index (κ3) is 2.45. The van der Waals surface area contributed by atoms with Crippen molar-refractivity contribution in [2.45, 2.75) is 13.0 Å². The van der Waals surface area contributed by atoms with Gasteiger partial charge < -0.3 is 14.9 Å². The highest BCUT2D eigenvalue weighted by atomic mass is 16.5. The van der Waals surface area contributed by atoms with Crippen LogP contribution in [-0.4, -0.2) is 4.98 Å². The zero-order valence-electron chi connectivity index (χ0n) is 11.4. The fourth-order valence-corrected chi connectivity index (χ4v) is 2.07. The van der Waals surface area contributed by atoms with Crippen molar-refractivity contribution in [3.63, 3.8) is 0 Å². The molecule has 0 bridgehead atoms. The van der Waals surface area contributed by atoms with Gasteiger partial charge in [0.05, 0.1) is 5.39 Å². The molecule has 0 spiro atoms. The first-order chi connectivity index (χ1) is 10.2. The van der Waals surface area contributed by atoms with Gasteiger partial charge in [-0.1, -0.05) is 12.1 Å². The average Bonchev–Trinajstić information content (AvgIpc) is 2.86. The second-order valence-electron chi connectivity index (χ2n) is 4.69. The lowest BCUT2D eigenvalue weighted by Gasteiger charge is -2.08. The highest BCUT2D eigenvalue weighted by Gasteiger charge is 2.16. The Morgan fingerprint density at radius 1 is 1.33 bits per heavy atom. The van der Waals surface area contributed by atoms with Gasteiger partial charge in [0, 0.05) is 18.3 Å². The number of benzene rings is 1. The van der Waals surface area contributed by atoms with Crippen LogP contribution in [0.4, 0.5) is 0 Å². The summed E-state index contributed by atoms with van der Waals surface area (Å²) < 4.78 is 11.2. The van der Waals surface area contributed by atoms with Gasteiger partial charge in [0.1, 0.15) is 11.7 Å². The molecule has 5 heteroatoms. The topological polar surface area (TPSA) is 85.1 Å². The minimum absolute atomic E-state index is 0.119. The predicted octanol–water partition coefficient (Wildman–Crippen LogP) is 3.51. The van der Waals surface area contributed by atoms with Crippen LogP contribution in [0.3, 0.4) is 0 Å². The first-order valence-electron chi connectivity index (χ1n) is 6.50. The van der Waals surface area contributed by atoms with Crippen LogP contribution in [0.1, 0.15) is 24.3 Å². The number of rotatable bonds is 3. The molecule has 104 valence electrons. The van der Waals surface area contributed by atoms with Crippen LogP contribution in [0.2, 0.25) is 0 Å². The van der Waals surface area contributed by atoms with E-state index in [4.69, 9.17) is 14.9 Å². The van der Waals surface area contributed by atoms with Gasteiger partial charge in [0.15, 0.2) is 5.75 Å². The van der Waals surface area contributed by atoms with Crippen molar-refractivity contribution in [1.82, 2.24) is 4.98 Å². The summed E-state index contributed by atoms with van der Waals surface area (Å²) in [6.07, 6.45) is 1.63. The zero-order chi connectivity index (χ0) is 14.8. The van der Waals surface area contributed by atoms with E-state index in [1.54, 1.807) is 18.3 Å². The van der Waals surface area contributed by atoms with Crippen molar-refractivity contribution in [3.05, 3.63) is 53.9 Å². The number of aromatic nitrogens is 1. The minimum Gasteiger partial charge on any atom is -0.442 e. The van der Waals surface area contributed by atoms with E-state index < -0.39 is 0 Å². The van der Waals surface area contributed by atoms with Gasteiger partial charge in [-0.25, -0.2) is 4.98 Å². The highest BCUT2D eigenvalue weighted by molar-refractivity contribution is 5.86. The van der Waals surface area contributed by atoms with Crippen LogP contribution in [0.15, 0.2) is 47.0 Å². The quantitative estimate of drug-likeness (QED) is 0.792. The average molecular weight is 279 g/mol. The molecule has 2 aromatic heterocycles. The van der Waals surface area contributed by atoms with E-state index in [0.717, 1.165) is 10.9 Å². The SMILES string of the molecule is C[C@H](N)c1ccnc(Oc2c(C#N)oc3ccccc23)c1. The molecule has 0 saturated heterocycles. The number of hydrogen-bond donors (Lipinski definition) is 1. The molecule has 2 N–H and O–H groups in total. The van der Waals surface area contributed by atoms with E-state index in [9.17, 15) is 5.26 Å². The normalized spacial score (nSPS) is 12.0. The maximum absolute atomic E-state index is 9.18. The Balaban J connectivity index is 2.06. The lowest BCUT2D eigenvalue weighted by molar-refractivity contribution is 0.449. The Morgan fingerprint density at radius 3 is 2.90 bits per heavy atom. The van der Waals surface area contributed by atoms with Gasteiger partial charge in [0.2, 0.25) is 11.6 Å². The van der Waals surface area contributed by atoms with Crippen molar-refractivity contribution >= 4 is 11.0 Å². The number of pyridine rings is 1. The number of fused-ring (bicyclic) bond motifs is 1. The monoisotopic (exact) mass is 279 g/mol. The van der Waals surface area contributed by atoms with Gasteiger partial charge in [-0.05, 0) is 30.7 Å². The number of nitrogens with two attached hydrogens (primary N) is 1. The number of furan rings is 1.